The fraction of sp³-hybridized carbons (Fsp3) is 0.611. The highest BCUT2D eigenvalue weighted by atomic mass is 16.3. The molecule has 0 unspecified atom stereocenters. The molecule has 2 aromatic rings. The molecule has 2 aliphatic rings. The molecule has 0 aromatic carbocycles. The van der Waals surface area contributed by atoms with E-state index >= 15 is 0 Å². The number of anilines is 2. The van der Waals surface area contributed by atoms with Gasteiger partial charge >= 0.3 is 0 Å². The van der Waals surface area contributed by atoms with Crippen molar-refractivity contribution in [1.82, 2.24) is 25.1 Å². The number of aromatic nitrogens is 4. The first-order valence-corrected chi connectivity index (χ1v) is 9.20. The minimum absolute atomic E-state index is 0.270. The smallest absolute Gasteiger partial charge is 0.134 e. The number of aliphatic hydroxyl groups is 1. The van der Waals surface area contributed by atoms with Crippen molar-refractivity contribution in [2.45, 2.75) is 38.5 Å². The number of hydrogen-bond acceptors (Lipinski definition) is 7. The standard InChI is InChI=1S/C18H27N7O/c1-12-15-10-24(5-4-16(15)22-21-12)17-7-18(20-11-19-17)25-9-14(26)6-13(25)8-23(2)3/h7,11,13-14,26H,4-6,8-10H2,1-3H3,(H,21,22)/t13-,14-/m1/s1. The number of aliphatic hydroxyl groups excluding tert-OH is 1. The Morgan fingerprint density at radius 2 is 2.12 bits per heavy atom. The van der Waals surface area contributed by atoms with Gasteiger partial charge in [0.1, 0.15) is 18.0 Å². The third kappa shape index (κ3) is 3.26. The summed E-state index contributed by atoms with van der Waals surface area (Å²) in [4.78, 5) is 15.7. The van der Waals surface area contributed by atoms with Crippen molar-refractivity contribution in [3.05, 3.63) is 29.3 Å². The van der Waals surface area contributed by atoms with Crippen LogP contribution in [-0.2, 0) is 13.0 Å². The van der Waals surface area contributed by atoms with Gasteiger partial charge in [-0.15, -0.1) is 0 Å². The van der Waals surface area contributed by atoms with Crippen molar-refractivity contribution in [3.8, 4) is 0 Å². The van der Waals surface area contributed by atoms with E-state index in [1.54, 1.807) is 6.33 Å². The zero-order chi connectivity index (χ0) is 18.3. The van der Waals surface area contributed by atoms with Gasteiger partial charge in [-0.1, -0.05) is 0 Å². The SMILES string of the molecule is Cc1[nH]nc2c1CN(c1cc(N3C[C@H](O)C[C@@H]3CN(C)C)ncn1)CC2. The molecule has 8 heteroatoms. The van der Waals surface area contributed by atoms with Gasteiger partial charge in [0.05, 0.1) is 11.8 Å². The quantitative estimate of drug-likeness (QED) is 0.828. The predicted octanol–water partition coefficient (Wildman–Crippen LogP) is 0.572. The molecule has 2 aliphatic heterocycles. The van der Waals surface area contributed by atoms with E-state index < -0.39 is 0 Å². The number of fused-ring (bicyclic) bond motifs is 1. The van der Waals surface area contributed by atoms with Gasteiger partial charge in [0.25, 0.3) is 0 Å². The first-order valence-electron chi connectivity index (χ1n) is 9.20. The minimum atomic E-state index is -0.301. The number of rotatable bonds is 4. The third-order valence-electron chi connectivity index (χ3n) is 5.35. The number of aromatic amines is 1. The van der Waals surface area contributed by atoms with Crippen LogP contribution in [-0.4, -0.2) is 76.0 Å². The molecule has 0 radical (unpaired) electrons. The van der Waals surface area contributed by atoms with Gasteiger partial charge < -0.3 is 19.8 Å². The lowest BCUT2D eigenvalue weighted by Crippen LogP contribution is -2.38. The zero-order valence-corrected chi connectivity index (χ0v) is 15.7. The Morgan fingerprint density at radius 1 is 1.31 bits per heavy atom. The van der Waals surface area contributed by atoms with Crippen molar-refractivity contribution < 1.29 is 5.11 Å². The van der Waals surface area contributed by atoms with Gasteiger partial charge in [-0.2, -0.15) is 5.10 Å². The van der Waals surface area contributed by atoms with Crippen molar-refractivity contribution in [1.29, 1.82) is 0 Å². The minimum Gasteiger partial charge on any atom is -0.391 e. The number of nitrogens with zero attached hydrogens (tertiary/aromatic N) is 6. The number of β-amino-alcohol motifs (C(OH)–C–C–N with tert-alkyl or cyclic N) is 1. The summed E-state index contributed by atoms with van der Waals surface area (Å²) in [5, 5.41) is 17.6. The molecular weight excluding hydrogens is 330 g/mol. The fourth-order valence-corrected chi connectivity index (χ4v) is 4.06. The number of aryl methyl sites for hydroxylation is 1. The summed E-state index contributed by atoms with van der Waals surface area (Å²) >= 11 is 0. The van der Waals surface area contributed by atoms with Crippen molar-refractivity contribution >= 4 is 11.6 Å². The van der Waals surface area contributed by atoms with Crippen LogP contribution in [0.25, 0.3) is 0 Å². The molecule has 4 heterocycles. The van der Waals surface area contributed by atoms with Crippen LogP contribution in [0.15, 0.2) is 12.4 Å². The van der Waals surface area contributed by atoms with Gasteiger partial charge in [-0.3, -0.25) is 5.10 Å². The highest BCUT2D eigenvalue weighted by Crippen LogP contribution is 2.29. The summed E-state index contributed by atoms with van der Waals surface area (Å²) in [5.74, 6) is 1.83. The van der Waals surface area contributed by atoms with E-state index in [1.807, 2.05) is 0 Å². The average molecular weight is 357 g/mol. The molecule has 0 amide bonds. The van der Waals surface area contributed by atoms with Crippen LogP contribution in [0.2, 0.25) is 0 Å². The van der Waals surface area contributed by atoms with E-state index in [2.05, 4.69) is 62.0 Å². The van der Waals surface area contributed by atoms with E-state index in [9.17, 15) is 5.11 Å². The van der Waals surface area contributed by atoms with Crippen LogP contribution in [0.1, 0.15) is 23.4 Å². The maximum absolute atomic E-state index is 10.2. The van der Waals surface area contributed by atoms with Crippen molar-refractivity contribution in [2.75, 3.05) is 43.5 Å². The van der Waals surface area contributed by atoms with E-state index in [4.69, 9.17) is 0 Å². The highest BCUT2D eigenvalue weighted by Gasteiger charge is 2.32. The van der Waals surface area contributed by atoms with Gasteiger partial charge in [-0.25, -0.2) is 9.97 Å². The Hall–Kier alpha value is -2.19. The van der Waals surface area contributed by atoms with Crippen LogP contribution >= 0.6 is 0 Å². The molecule has 0 saturated carbocycles. The molecule has 1 saturated heterocycles. The Balaban J connectivity index is 1.56. The molecule has 0 bridgehead atoms. The summed E-state index contributed by atoms with van der Waals surface area (Å²) in [6, 6.07) is 2.33. The monoisotopic (exact) mass is 357 g/mol. The molecule has 26 heavy (non-hydrogen) atoms. The maximum Gasteiger partial charge on any atom is 0.134 e. The first-order chi connectivity index (χ1) is 12.5. The van der Waals surface area contributed by atoms with Crippen molar-refractivity contribution in [2.24, 2.45) is 0 Å². The molecule has 4 rings (SSSR count). The third-order valence-corrected chi connectivity index (χ3v) is 5.35. The molecule has 0 aliphatic carbocycles. The second kappa shape index (κ2) is 6.85. The molecule has 0 spiro atoms. The van der Waals surface area contributed by atoms with Gasteiger partial charge in [0.15, 0.2) is 0 Å². The first kappa shape index (κ1) is 17.2. The topological polar surface area (TPSA) is 84.4 Å². The second-order valence-electron chi connectivity index (χ2n) is 7.64. The van der Waals surface area contributed by atoms with Gasteiger partial charge in [0.2, 0.25) is 0 Å². The Labute approximate surface area is 153 Å². The lowest BCUT2D eigenvalue weighted by molar-refractivity contribution is 0.191. The Morgan fingerprint density at radius 3 is 2.92 bits per heavy atom. The Bertz CT molecular complexity index is 775. The van der Waals surface area contributed by atoms with E-state index in [-0.39, 0.29) is 12.1 Å². The predicted molar refractivity (Wildman–Crippen MR) is 100 cm³/mol. The summed E-state index contributed by atoms with van der Waals surface area (Å²) < 4.78 is 0. The van der Waals surface area contributed by atoms with Gasteiger partial charge in [0, 0.05) is 56.0 Å². The summed E-state index contributed by atoms with van der Waals surface area (Å²) in [6.45, 7) is 5.31. The van der Waals surface area contributed by atoms with Crippen molar-refractivity contribution in [3.63, 3.8) is 0 Å². The molecule has 2 atom stereocenters. The molecule has 8 nitrogen and oxygen atoms in total. The largest absolute Gasteiger partial charge is 0.391 e. The van der Waals surface area contributed by atoms with Crippen LogP contribution < -0.4 is 9.80 Å². The van der Waals surface area contributed by atoms with Crippen LogP contribution in [0, 0.1) is 6.92 Å². The average Bonchev–Trinajstić information content (AvgIpc) is 3.17. The number of hydrogen-bond donors (Lipinski definition) is 2. The lowest BCUT2D eigenvalue weighted by atomic mass is 10.1. The van der Waals surface area contributed by atoms with Crippen LogP contribution in [0.4, 0.5) is 11.6 Å². The fourth-order valence-electron chi connectivity index (χ4n) is 4.06. The number of H-pyrrole nitrogens is 1. The molecule has 2 aromatic heterocycles. The highest BCUT2D eigenvalue weighted by molar-refractivity contribution is 5.53. The second-order valence-corrected chi connectivity index (χ2v) is 7.64. The zero-order valence-electron chi connectivity index (χ0n) is 15.7. The molecule has 140 valence electrons. The summed E-state index contributed by atoms with van der Waals surface area (Å²) in [6.07, 6.45) is 3.04. The molecule has 2 N–H and O–H groups in total. The van der Waals surface area contributed by atoms with Crippen LogP contribution in [0.5, 0.6) is 0 Å². The van der Waals surface area contributed by atoms with E-state index in [0.717, 1.165) is 49.8 Å². The molecular formula is C18H27N7O. The van der Waals surface area contributed by atoms with Crippen LogP contribution in [0.3, 0.4) is 0 Å². The maximum atomic E-state index is 10.2. The van der Waals surface area contributed by atoms with Gasteiger partial charge in [-0.05, 0) is 27.4 Å². The van der Waals surface area contributed by atoms with E-state index in [0.29, 0.717) is 6.54 Å². The normalized spacial score (nSPS) is 23.0. The lowest BCUT2D eigenvalue weighted by Gasteiger charge is -2.30. The summed E-state index contributed by atoms with van der Waals surface area (Å²) in [7, 11) is 4.12. The van der Waals surface area contributed by atoms with E-state index in [1.165, 1.54) is 11.3 Å². The molecule has 1 fully saturated rings. The summed E-state index contributed by atoms with van der Waals surface area (Å²) in [5.41, 5.74) is 3.58. The number of nitrogens with one attached hydrogen (secondary N) is 1. The number of likely N-dealkylation sites (N-methyl/N-ethyl adjacent to an activating group) is 1. The Kier molecular flexibility index (Phi) is 4.54.